The van der Waals surface area contributed by atoms with Crippen LogP contribution in [0.3, 0.4) is 0 Å². The second-order valence-corrected chi connectivity index (χ2v) is 8.43. The molecule has 0 fully saturated rings. The average molecular weight is 555 g/mol. The van der Waals surface area contributed by atoms with E-state index < -0.39 is 73.6 Å². The molecule has 0 aliphatic carbocycles. The number of rotatable bonds is 9. The highest BCUT2D eigenvalue weighted by molar-refractivity contribution is 6.24. The molecule has 4 rings (SSSR count). The molecule has 0 bridgehead atoms. The zero-order valence-corrected chi connectivity index (χ0v) is 21.4. The van der Waals surface area contributed by atoms with Gasteiger partial charge in [0.2, 0.25) is 11.5 Å². The van der Waals surface area contributed by atoms with Crippen molar-refractivity contribution in [1.82, 2.24) is 0 Å². The third-order valence-corrected chi connectivity index (χ3v) is 5.92. The first-order valence-corrected chi connectivity index (χ1v) is 12.1. The molecule has 11 nitrogen and oxygen atoms in total. The van der Waals surface area contributed by atoms with E-state index in [9.17, 15) is 39.5 Å². The second kappa shape index (κ2) is 11.9. The lowest BCUT2D eigenvalue weighted by Gasteiger charge is -2.19. The number of hydrogen-bond donors (Lipinski definition) is 2. The zero-order valence-electron chi connectivity index (χ0n) is 21.4. The van der Waals surface area contributed by atoms with Gasteiger partial charge in [-0.05, 0) is 25.1 Å². The predicted molar refractivity (Wildman–Crippen MR) is 144 cm³/mol. The van der Waals surface area contributed by atoms with Gasteiger partial charge in [0, 0.05) is 11.6 Å². The smallest absolute Gasteiger partial charge is 0.343 e. The third-order valence-electron chi connectivity index (χ3n) is 5.92. The van der Waals surface area contributed by atoms with Crippen LogP contribution in [0.5, 0.6) is 17.2 Å². The zero-order chi connectivity index (χ0) is 29.7. The van der Waals surface area contributed by atoms with Crippen LogP contribution in [-0.2, 0) is 4.74 Å². The van der Waals surface area contributed by atoms with Crippen LogP contribution in [0.4, 0.5) is 5.69 Å². The van der Waals surface area contributed by atoms with E-state index in [2.05, 4.69) is 0 Å². The number of phenolic OH excluding ortho intramolecular Hbond substituents is 2. The Kier molecular flexibility index (Phi) is 8.18. The number of aromatic hydroxyl groups is 2. The minimum Gasteiger partial charge on any atom is -0.504 e. The summed E-state index contributed by atoms with van der Waals surface area (Å²) >= 11 is 0. The molecule has 0 atom stereocenters. The number of ether oxygens (including phenoxy) is 2. The highest BCUT2D eigenvalue weighted by Crippen LogP contribution is 2.46. The first-order valence-electron chi connectivity index (χ1n) is 12.1. The monoisotopic (exact) mass is 555 g/mol. The van der Waals surface area contributed by atoms with Gasteiger partial charge in [0.25, 0.3) is 5.69 Å². The lowest BCUT2D eigenvalue weighted by molar-refractivity contribution is -0.385. The topological polar surface area (TPSA) is 170 Å². The van der Waals surface area contributed by atoms with Crippen molar-refractivity contribution < 1.29 is 43.8 Å². The summed E-state index contributed by atoms with van der Waals surface area (Å²) in [7, 11) is 0. The van der Waals surface area contributed by atoms with Crippen molar-refractivity contribution in [1.29, 1.82) is 0 Å². The predicted octanol–water partition coefficient (Wildman–Crippen LogP) is 4.86. The molecule has 0 radical (unpaired) electrons. The average Bonchev–Trinajstić information content (AvgIpc) is 2.99. The van der Waals surface area contributed by atoms with Crippen LogP contribution < -0.4 is 4.74 Å². The molecule has 11 heteroatoms. The van der Waals surface area contributed by atoms with Crippen LogP contribution in [-0.4, -0.2) is 45.2 Å². The number of para-hydroxylation sites is 1. The number of carbonyl (C=O) groups excluding carboxylic acids is 4. The van der Waals surface area contributed by atoms with Gasteiger partial charge in [0.1, 0.15) is 5.56 Å². The van der Waals surface area contributed by atoms with Gasteiger partial charge in [-0.25, -0.2) is 9.59 Å². The summed E-state index contributed by atoms with van der Waals surface area (Å²) in [5, 5.41) is 33.8. The number of ketones is 2. The van der Waals surface area contributed by atoms with Gasteiger partial charge >= 0.3 is 11.9 Å². The van der Waals surface area contributed by atoms with Gasteiger partial charge in [0.15, 0.2) is 17.3 Å². The standard InChI is InChI=1S/C30H21NO10/c1-2-40-30(37)21-22(24(32)17-11-5-3-6-12-17)26(34)27(35)28(41-29(36)18-13-7-4-8-14-18)23(21)25(33)19-15-9-10-16-20(19)31(38)39/h3-16,34-35H,2H2,1H3. The van der Waals surface area contributed by atoms with Crippen LogP contribution in [0.1, 0.15) is 59.5 Å². The molecule has 2 N–H and O–H groups in total. The summed E-state index contributed by atoms with van der Waals surface area (Å²) in [6, 6.07) is 19.4. The Balaban J connectivity index is 2.10. The number of nitrogens with zero attached hydrogens (tertiary/aromatic N) is 1. The summed E-state index contributed by atoms with van der Waals surface area (Å²) in [4.78, 5) is 64.8. The Morgan fingerprint density at radius 2 is 1.27 bits per heavy atom. The number of phenols is 2. The maximum Gasteiger partial charge on any atom is 0.343 e. The molecule has 0 aromatic heterocycles. The van der Waals surface area contributed by atoms with E-state index in [1.165, 1.54) is 67.6 Å². The molecule has 0 aliphatic heterocycles. The molecule has 0 saturated carbocycles. The Hall–Kier alpha value is -5.84. The minimum absolute atomic E-state index is 0.0300. The number of esters is 2. The molecule has 0 saturated heterocycles. The summed E-state index contributed by atoms with van der Waals surface area (Å²) in [5.41, 5.74) is -3.86. The number of hydrogen-bond acceptors (Lipinski definition) is 10. The fourth-order valence-corrected chi connectivity index (χ4v) is 4.06. The molecule has 0 spiro atoms. The van der Waals surface area contributed by atoms with E-state index >= 15 is 0 Å². The maximum atomic E-state index is 14.0. The first-order chi connectivity index (χ1) is 19.7. The number of carbonyl (C=O) groups is 4. The normalized spacial score (nSPS) is 10.5. The Morgan fingerprint density at radius 3 is 1.85 bits per heavy atom. The SMILES string of the molecule is CCOC(=O)c1c(C(=O)c2ccccc2)c(O)c(O)c(OC(=O)c2ccccc2)c1C(=O)c1ccccc1[N+](=O)[O-]. The van der Waals surface area contributed by atoms with E-state index in [1.54, 1.807) is 12.1 Å². The third kappa shape index (κ3) is 5.50. The molecule has 41 heavy (non-hydrogen) atoms. The van der Waals surface area contributed by atoms with Gasteiger partial charge in [0.05, 0.1) is 33.8 Å². The number of benzene rings is 4. The van der Waals surface area contributed by atoms with Crippen LogP contribution in [0.25, 0.3) is 0 Å². The van der Waals surface area contributed by atoms with E-state index in [0.29, 0.717) is 0 Å². The molecule has 0 unspecified atom stereocenters. The van der Waals surface area contributed by atoms with Crippen molar-refractivity contribution in [2.45, 2.75) is 6.92 Å². The fraction of sp³-hybridized carbons (Fsp3) is 0.0667. The fourth-order valence-electron chi connectivity index (χ4n) is 4.06. The molecular weight excluding hydrogens is 534 g/mol. The molecular formula is C30H21NO10. The second-order valence-electron chi connectivity index (χ2n) is 8.43. The highest BCUT2D eigenvalue weighted by atomic mass is 16.6. The first kappa shape index (κ1) is 28.2. The van der Waals surface area contributed by atoms with Gasteiger partial charge in [-0.2, -0.15) is 0 Å². The summed E-state index contributed by atoms with van der Waals surface area (Å²) in [6.07, 6.45) is 0. The molecule has 0 heterocycles. The number of nitro benzene ring substituents is 1. The number of nitro groups is 1. The van der Waals surface area contributed by atoms with Gasteiger partial charge in [-0.1, -0.05) is 60.7 Å². The quantitative estimate of drug-likeness (QED) is 0.0725. The van der Waals surface area contributed by atoms with Gasteiger partial charge < -0.3 is 19.7 Å². The van der Waals surface area contributed by atoms with Gasteiger partial charge in [-0.15, -0.1) is 0 Å². The van der Waals surface area contributed by atoms with E-state index in [-0.39, 0.29) is 17.7 Å². The van der Waals surface area contributed by atoms with Crippen molar-refractivity contribution >= 4 is 29.2 Å². The van der Waals surface area contributed by atoms with E-state index in [1.807, 2.05) is 0 Å². The van der Waals surface area contributed by atoms with Crippen molar-refractivity contribution in [3.05, 3.63) is 128 Å². The molecule has 4 aromatic rings. The molecule has 0 amide bonds. The van der Waals surface area contributed by atoms with Crippen LogP contribution in [0.2, 0.25) is 0 Å². The van der Waals surface area contributed by atoms with Crippen molar-refractivity contribution in [3.8, 4) is 17.2 Å². The molecule has 206 valence electrons. The lowest BCUT2D eigenvalue weighted by Crippen LogP contribution is -2.22. The Labute approximate surface area is 232 Å². The van der Waals surface area contributed by atoms with Crippen LogP contribution in [0, 0.1) is 10.1 Å². The summed E-state index contributed by atoms with van der Waals surface area (Å²) < 4.78 is 10.4. The van der Waals surface area contributed by atoms with Crippen LogP contribution >= 0.6 is 0 Å². The molecule has 0 aliphatic rings. The highest BCUT2D eigenvalue weighted by Gasteiger charge is 2.38. The van der Waals surface area contributed by atoms with Crippen molar-refractivity contribution in [2.24, 2.45) is 0 Å². The lowest BCUT2D eigenvalue weighted by atomic mass is 9.88. The van der Waals surface area contributed by atoms with Crippen molar-refractivity contribution in [2.75, 3.05) is 6.61 Å². The molecule has 4 aromatic carbocycles. The van der Waals surface area contributed by atoms with E-state index in [0.717, 1.165) is 12.1 Å². The van der Waals surface area contributed by atoms with Crippen molar-refractivity contribution in [3.63, 3.8) is 0 Å². The summed E-state index contributed by atoms with van der Waals surface area (Å²) in [5.74, 6) is -8.02. The Bertz CT molecular complexity index is 1680. The van der Waals surface area contributed by atoms with Crippen LogP contribution in [0.15, 0.2) is 84.9 Å². The maximum absolute atomic E-state index is 14.0. The minimum atomic E-state index is -1.29. The van der Waals surface area contributed by atoms with Gasteiger partial charge in [-0.3, -0.25) is 19.7 Å². The summed E-state index contributed by atoms with van der Waals surface area (Å²) in [6.45, 7) is 1.20. The Morgan fingerprint density at radius 1 is 0.707 bits per heavy atom. The largest absolute Gasteiger partial charge is 0.504 e. The van der Waals surface area contributed by atoms with E-state index in [4.69, 9.17) is 9.47 Å².